The smallest absolute Gasteiger partial charge is 0.337 e. The molecular weight excluding hydrogens is 375 g/mol. The molecule has 0 amide bonds. The summed E-state index contributed by atoms with van der Waals surface area (Å²) in [6.45, 7) is 5.79. The lowest BCUT2D eigenvalue weighted by molar-refractivity contribution is 0.246. The highest BCUT2D eigenvalue weighted by Crippen LogP contribution is 2.51. The summed E-state index contributed by atoms with van der Waals surface area (Å²) in [6, 6.07) is 13.0. The number of hydrogen-bond donors (Lipinski definition) is 0. The summed E-state index contributed by atoms with van der Waals surface area (Å²) in [5, 5.41) is 9.19. The molecule has 3 heterocycles. The molecular formula is C20H17N4O3P. The van der Waals surface area contributed by atoms with Gasteiger partial charge in [0.2, 0.25) is 5.65 Å². The third-order valence-electron chi connectivity index (χ3n) is 4.79. The summed E-state index contributed by atoms with van der Waals surface area (Å²) < 4.78 is 26.4. The first kappa shape index (κ1) is 17.0. The van der Waals surface area contributed by atoms with E-state index in [-0.39, 0.29) is 0 Å². The molecule has 140 valence electrons. The Morgan fingerprint density at radius 2 is 1.61 bits per heavy atom. The normalized spacial score (nSPS) is 14.2. The lowest BCUT2D eigenvalue weighted by Gasteiger charge is -2.28. The molecule has 0 saturated heterocycles. The molecule has 7 nitrogen and oxygen atoms in total. The van der Waals surface area contributed by atoms with Crippen molar-refractivity contribution in [3.05, 3.63) is 65.4 Å². The van der Waals surface area contributed by atoms with Crippen LogP contribution in [0.2, 0.25) is 0 Å². The van der Waals surface area contributed by atoms with Gasteiger partial charge in [0.1, 0.15) is 17.0 Å². The Morgan fingerprint density at radius 3 is 2.25 bits per heavy atom. The van der Waals surface area contributed by atoms with Crippen molar-refractivity contribution in [3.8, 4) is 11.5 Å². The summed E-state index contributed by atoms with van der Waals surface area (Å²) >= 11 is 0. The van der Waals surface area contributed by atoms with Crippen molar-refractivity contribution in [1.29, 1.82) is 0 Å². The number of fused-ring (bicyclic) bond motifs is 3. The maximum absolute atomic E-state index is 14.4. The van der Waals surface area contributed by atoms with Crippen LogP contribution >= 0.6 is 7.37 Å². The summed E-state index contributed by atoms with van der Waals surface area (Å²) in [5.74, 6) is 1.03. The number of aryl methyl sites for hydroxylation is 3. The van der Waals surface area contributed by atoms with Crippen molar-refractivity contribution in [2.75, 3.05) is 0 Å². The van der Waals surface area contributed by atoms with Crippen LogP contribution in [0.4, 0.5) is 0 Å². The topological polar surface area (TPSA) is 79.1 Å². The van der Waals surface area contributed by atoms with Crippen molar-refractivity contribution < 1.29 is 13.9 Å². The molecule has 0 unspecified atom stereocenters. The van der Waals surface area contributed by atoms with Crippen LogP contribution in [0.25, 0.3) is 11.2 Å². The molecule has 0 aliphatic carbocycles. The number of benzene rings is 2. The van der Waals surface area contributed by atoms with Crippen molar-refractivity contribution in [2.24, 2.45) is 0 Å². The van der Waals surface area contributed by atoms with Gasteiger partial charge in [0, 0.05) is 6.20 Å². The van der Waals surface area contributed by atoms with E-state index in [1.54, 1.807) is 6.20 Å². The third kappa shape index (κ3) is 2.43. The molecule has 0 atom stereocenters. The van der Waals surface area contributed by atoms with Gasteiger partial charge < -0.3 is 9.36 Å². The van der Waals surface area contributed by atoms with Crippen LogP contribution in [-0.4, -0.2) is 20.1 Å². The number of hydrogen-bond acceptors (Lipinski definition) is 6. The quantitative estimate of drug-likeness (QED) is 0.488. The molecule has 1 aliphatic heterocycles. The highest BCUT2D eigenvalue weighted by atomic mass is 31.2. The first-order chi connectivity index (χ1) is 13.5. The Labute approximate surface area is 161 Å². The maximum atomic E-state index is 14.4. The molecule has 0 bridgehead atoms. The standard InChI is InChI=1S/C20H17N4O3P/c1-12-4-6-15-17(10-12)28(25,18-11-13(2)5-7-16(18)26-15)27-24-20-19(22-23-24)14(3)8-9-21-20/h4-11H,1-3H3. The van der Waals surface area contributed by atoms with Gasteiger partial charge >= 0.3 is 7.37 Å². The Kier molecular flexibility index (Phi) is 3.58. The minimum atomic E-state index is -3.56. The largest absolute Gasteiger partial charge is 0.456 e. The zero-order valence-corrected chi connectivity index (χ0v) is 16.5. The van der Waals surface area contributed by atoms with Crippen LogP contribution in [0, 0.1) is 20.8 Å². The summed E-state index contributed by atoms with van der Waals surface area (Å²) in [4.78, 5) is 5.47. The average Bonchev–Trinajstić information content (AvgIpc) is 3.08. The predicted octanol–water partition coefficient (Wildman–Crippen LogP) is 3.21. The first-order valence-corrected chi connectivity index (χ1v) is 10.5. The van der Waals surface area contributed by atoms with Gasteiger partial charge in [-0.25, -0.2) is 4.98 Å². The Balaban J connectivity index is 1.75. The fraction of sp³-hybridized carbons (Fsp3) is 0.150. The van der Waals surface area contributed by atoms with Gasteiger partial charge in [-0.05, 0) is 73.0 Å². The molecule has 0 radical (unpaired) electrons. The molecule has 28 heavy (non-hydrogen) atoms. The third-order valence-corrected chi connectivity index (χ3v) is 7.14. The molecule has 0 spiro atoms. The predicted molar refractivity (Wildman–Crippen MR) is 106 cm³/mol. The van der Waals surface area contributed by atoms with E-state index in [4.69, 9.17) is 9.36 Å². The minimum Gasteiger partial charge on any atom is -0.456 e. The summed E-state index contributed by atoms with van der Waals surface area (Å²) in [6.07, 6.45) is 1.65. The van der Waals surface area contributed by atoms with Gasteiger partial charge in [-0.15, -0.1) is 5.10 Å². The monoisotopic (exact) mass is 392 g/mol. The number of pyridine rings is 1. The van der Waals surface area contributed by atoms with Gasteiger partial charge in [-0.3, -0.25) is 4.57 Å². The maximum Gasteiger partial charge on any atom is 0.337 e. The Hall–Kier alpha value is -3.18. The molecule has 2 aromatic heterocycles. The lowest BCUT2D eigenvalue weighted by atomic mass is 10.2. The van der Waals surface area contributed by atoms with Crippen LogP contribution in [0.15, 0.2) is 48.7 Å². The zero-order valence-electron chi connectivity index (χ0n) is 15.6. The van der Waals surface area contributed by atoms with Gasteiger partial charge in [-0.2, -0.15) is 0 Å². The second kappa shape index (κ2) is 5.91. The lowest BCUT2D eigenvalue weighted by Crippen LogP contribution is -2.31. The number of aromatic nitrogens is 4. The minimum absolute atomic E-state index is 0.421. The van der Waals surface area contributed by atoms with E-state index in [1.165, 1.54) is 0 Å². The van der Waals surface area contributed by atoms with Crippen molar-refractivity contribution in [1.82, 2.24) is 20.1 Å². The second-order valence-electron chi connectivity index (χ2n) is 6.94. The molecule has 0 saturated carbocycles. The molecule has 4 aromatic rings. The molecule has 0 N–H and O–H groups in total. The Bertz CT molecular complexity index is 1240. The van der Waals surface area contributed by atoms with Crippen LogP contribution in [-0.2, 0) is 4.57 Å². The molecule has 2 aromatic carbocycles. The number of ether oxygens (including phenoxy) is 1. The SMILES string of the molecule is Cc1ccc2c(c1)P(=O)(On1nnc3c(C)ccnc31)c1cc(C)ccc1O2. The van der Waals surface area contributed by atoms with Crippen molar-refractivity contribution >= 4 is 29.1 Å². The van der Waals surface area contributed by atoms with Crippen LogP contribution in [0.1, 0.15) is 16.7 Å². The summed E-state index contributed by atoms with van der Waals surface area (Å²) in [7, 11) is -3.56. The van der Waals surface area contributed by atoms with Gasteiger partial charge in [0.05, 0.1) is 10.6 Å². The van der Waals surface area contributed by atoms with E-state index in [9.17, 15) is 4.57 Å². The van der Waals surface area contributed by atoms with Crippen LogP contribution in [0.3, 0.4) is 0 Å². The van der Waals surface area contributed by atoms with E-state index < -0.39 is 7.37 Å². The fourth-order valence-corrected chi connectivity index (χ4v) is 5.65. The van der Waals surface area contributed by atoms with E-state index in [1.807, 2.05) is 63.2 Å². The van der Waals surface area contributed by atoms with E-state index in [0.717, 1.165) is 21.5 Å². The molecule has 1 aliphatic rings. The summed E-state index contributed by atoms with van der Waals surface area (Å²) in [5.41, 5.74) is 3.86. The van der Waals surface area contributed by atoms with Crippen molar-refractivity contribution in [3.63, 3.8) is 0 Å². The second-order valence-corrected chi connectivity index (χ2v) is 9.17. The molecule has 0 fully saturated rings. The number of nitrogens with zero attached hydrogens (tertiary/aromatic N) is 4. The molecule has 5 rings (SSSR count). The van der Waals surface area contributed by atoms with Gasteiger partial charge in [0.25, 0.3) is 0 Å². The van der Waals surface area contributed by atoms with Crippen LogP contribution < -0.4 is 20.0 Å². The van der Waals surface area contributed by atoms with E-state index in [2.05, 4.69) is 15.3 Å². The molecule has 8 heteroatoms. The van der Waals surface area contributed by atoms with E-state index in [0.29, 0.717) is 33.3 Å². The number of rotatable bonds is 2. The first-order valence-electron chi connectivity index (χ1n) is 8.83. The fourth-order valence-electron chi connectivity index (χ4n) is 3.32. The van der Waals surface area contributed by atoms with Gasteiger partial charge in [0.15, 0.2) is 0 Å². The zero-order chi connectivity index (χ0) is 19.5. The highest BCUT2D eigenvalue weighted by molar-refractivity contribution is 7.75. The van der Waals surface area contributed by atoms with E-state index >= 15 is 0 Å². The van der Waals surface area contributed by atoms with Gasteiger partial charge in [-0.1, -0.05) is 17.0 Å². The Morgan fingerprint density at radius 1 is 0.964 bits per heavy atom. The average molecular weight is 392 g/mol. The van der Waals surface area contributed by atoms with Crippen LogP contribution in [0.5, 0.6) is 11.5 Å². The van der Waals surface area contributed by atoms with Crippen molar-refractivity contribution in [2.45, 2.75) is 20.8 Å². The highest BCUT2D eigenvalue weighted by Gasteiger charge is 2.42.